The van der Waals surface area contributed by atoms with Crippen LogP contribution in [0.15, 0.2) is 42.7 Å². The summed E-state index contributed by atoms with van der Waals surface area (Å²) in [4.78, 5) is 20.7. The van der Waals surface area contributed by atoms with E-state index in [0.717, 1.165) is 42.8 Å². The van der Waals surface area contributed by atoms with Gasteiger partial charge in [-0.15, -0.1) is 16.6 Å². The van der Waals surface area contributed by atoms with Crippen molar-refractivity contribution in [1.82, 2.24) is 24.6 Å². The van der Waals surface area contributed by atoms with Gasteiger partial charge < -0.3 is 14.6 Å². The quantitative estimate of drug-likeness (QED) is 0.424. The third-order valence-electron chi connectivity index (χ3n) is 9.23. The lowest BCUT2D eigenvalue weighted by molar-refractivity contribution is -0.102. The molecule has 2 aliphatic carbocycles. The van der Waals surface area contributed by atoms with Gasteiger partial charge >= 0.3 is 0 Å². The third kappa shape index (κ3) is 4.40. The molecule has 2 atom stereocenters. The van der Waals surface area contributed by atoms with Gasteiger partial charge in [0, 0.05) is 37.4 Å². The fourth-order valence-corrected chi connectivity index (χ4v) is 6.28. The van der Waals surface area contributed by atoms with E-state index in [1.54, 1.807) is 17.7 Å². The first-order chi connectivity index (χ1) is 19.4. The lowest BCUT2D eigenvalue weighted by Gasteiger charge is -2.43. The standard InChI is InChI=1S/C31H33FN6O2/c1-3-26(38-12-11-30(16-38)9-10-30)21-13-24(20-7-8-20)35-25(14-21)29(39)34-23-6-4-5-22(15-23)31(17-40-18-31)27(32)28-36-33-19-37(28)2/h1,4-6,13-15,19-20,26-27H,7-12,16-18H2,2H3,(H,34,39)/t26-,27-/m1/s1. The summed E-state index contributed by atoms with van der Waals surface area (Å²) in [5.41, 5.74) is 3.13. The van der Waals surface area contributed by atoms with Crippen LogP contribution in [-0.2, 0) is 17.2 Å². The molecule has 2 saturated heterocycles. The first kappa shape index (κ1) is 25.4. The smallest absolute Gasteiger partial charge is 0.274 e. The Morgan fingerprint density at radius 3 is 2.67 bits per heavy atom. The highest BCUT2D eigenvalue weighted by Gasteiger charge is 2.51. The number of benzene rings is 1. The molecule has 9 heteroatoms. The topological polar surface area (TPSA) is 85.2 Å². The molecular formula is C31H33FN6O2. The van der Waals surface area contributed by atoms with Crippen molar-refractivity contribution in [3.8, 4) is 12.3 Å². The molecule has 2 aliphatic heterocycles. The second-order valence-electron chi connectivity index (χ2n) is 12.1. The normalized spacial score (nSPS) is 22.3. The molecule has 2 saturated carbocycles. The molecule has 4 aliphatic rings. The first-order valence-corrected chi connectivity index (χ1v) is 14.1. The van der Waals surface area contributed by atoms with E-state index in [0.29, 0.717) is 22.7 Å². The van der Waals surface area contributed by atoms with Gasteiger partial charge in [0.05, 0.1) is 24.7 Å². The molecule has 4 fully saturated rings. The zero-order valence-electron chi connectivity index (χ0n) is 22.6. The van der Waals surface area contributed by atoms with Crippen molar-refractivity contribution < 1.29 is 13.9 Å². The number of amides is 1. The minimum absolute atomic E-state index is 0.170. The van der Waals surface area contributed by atoms with Gasteiger partial charge in [0.15, 0.2) is 12.0 Å². The van der Waals surface area contributed by atoms with E-state index in [9.17, 15) is 4.79 Å². The van der Waals surface area contributed by atoms with Crippen LogP contribution in [0.5, 0.6) is 0 Å². The number of rotatable bonds is 8. The van der Waals surface area contributed by atoms with Crippen molar-refractivity contribution >= 4 is 11.6 Å². The fourth-order valence-electron chi connectivity index (χ4n) is 6.28. The van der Waals surface area contributed by atoms with Crippen molar-refractivity contribution in [3.63, 3.8) is 0 Å². The van der Waals surface area contributed by atoms with Crippen molar-refractivity contribution in [3.05, 3.63) is 71.1 Å². The largest absolute Gasteiger partial charge is 0.379 e. The summed E-state index contributed by atoms with van der Waals surface area (Å²) in [5.74, 6) is 3.32. The van der Waals surface area contributed by atoms with Crippen molar-refractivity contribution in [2.24, 2.45) is 12.5 Å². The number of nitrogens with one attached hydrogen (secondary N) is 1. The van der Waals surface area contributed by atoms with E-state index < -0.39 is 11.6 Å². The minimum Gasteiger partial charge on any atom is -0.379 e. The predicted molar refractivity (Wildman–Crippen MR) is 147 cm³/mol. The van der Waals surface area contributed by atoms with Crippen molar-refractivity contribution in [2.45, 2.75) is 55.7 Å². The molecule has 3 aromatic rings. The number of aryl methyl sites for hydroxylation is 1. The molecule has 7 rings (SSSR count). The lowest BCUT2D eigenvalue weighted by atomic mass is 9.74. The number of carbonyl (C=O) groups is 1. The lowest BCUT2D eigenvalue weighted by Crippen LogP contribution is -2.50. The number of halogens is 1. The Hall–Kier alpha value is -3.61. The minimum atomic E-state index is -1.40. The van der Waals surface area contributed by atoms with Crippen LogP contribution in [-0.4, -0.2) is 56.9 Å². The van der Waals surface area contributed by atoms with Crippen LogP contribution in [0.1, 0.15) is 83.4 Å². The van der Waals surface area contributed by atoms with Gasteiger partial charge in [-0.3, -0.25) is 9.69 Å². The van der Waals surface area contributed by atoms with E-state index in [2.05, 4.69) is 32.4 Å². The number of anilines is 1. The average molecular weight is 541 g/mol. The van der Waals surface area contributed by atoms with Gasteiger partial charge in [-0.1, -0.05) is 18.1 Å². The maximum atomic E-state index is 15.8. The number of nitrogens with zero attached hydrogens (tertiary/aromatic N) is 5. The van der Waals surface area contributed by atoms with E-state index in [-0.39, 0.29) is 31.0 Å². The van der Waals surface area contributed by atoms with E-state index in [1.807, 2.05) is 24.3 Å². The Kier molecular flexibility index (Phi) is 6.02. The van der Waals surface area contributed by atoms with Crippen LogP contribution in [0, 0.1) is 17.8 Å². The molecule has 206 valence electrons. The summed E-state index contributed by atoms with van der Waals surface area (Å²) >= 11 is 0. The van der Waals surface area contributed by atoms with E-state index in [4.69, 9.17) is 16.1 Å². The molecule has 8 nitrogen and oxygen atoms in total. The summed E-state index contributed by atoms with van der Waals surface area (Å²) in [7, 11) is 1.72. The highest BCUT2D eigenvalue weighted by Crippen LogP contribution is 2.54. The van der Waals surface area contributed by atoms with E-state index in [1.165, 1.54) is 25.6 Å². The average Bonchev–Trinajstić information content (AvgIpc) is 3.83. The maximum Gasteiger partial charge on any atom is 0.274 e. The number of terminal acetylenes is 1. The molecule has 1 aromatic carbocycles. The van der Waals surface area contributed by atoms with Crippen molar-refractivity contribution in [1.29, 1.82) is 0 Å². The highest BCUT2D eigenvalue weighted by molar-refractivity contribution is 6.03. The Morgan fingerprint density at radius 1 is 1.23 bits per heavy atom. The fraction of sp³-hybridized carbons (Fsp3) is 0.484. The van der Waals surface area contributed by atoms with Crippen LogP contribution in [0.2, 0.25) is 0 Å². The predicted octanol–water partition coefficient (Wildman–Crippen LogP) is 4.48. The number of hydrogen-bond donors (Lipinski definition) is 1. The Balaban J connectivity index is 1.15. The molecule has 0 bridgehead atoms. The molecular weight excluding hydrogens is 507 g/mol. The van der Waals surface area contributed by atoms with Gasteiger partial charge in [0.2, 0.25) is 0 Å². The highest BCUT2D eigenvalue weighted by atomic mass is 19.1. The molecule has 1 spiro atoms. The number of alkyl halides is 1. The second-order valence-corrected chi connectivity index (χ2v) is 12.1. The van der Waals surface area contributed by atoms with E-state index >= 15 is 4.39 Å². The molecule has 0 unspecified atom stereocenters. The number of likely N-dealkylation sites (tertiary alicyclic amines) is 1. The monoisotopic (exact) mass is 540 g/mol. The zero-order chi connectivity index (χ0) is 27.5. The van der Waals surface area contributed by atoms with Crippen LogP contribution < -0.4 is 5.32 Å². The molecule has 0 radical (unpaired) electrons. The van der Waals surface area contributed by atoms with Crippen LogP contribution in [0.4, 0.5) is 10.1 Å². The molecule has 40 heavy (non-hydrogen) atoms. The van der Waals surface area contributed by atoms with Crippen molar-refractivity contribution in [2.75, 3.05) is 31.6 Å². The molecule has 1 amide bonds. The SMILES string of the molecule is C#C[C@H](c1cc(C(=O)Nc2cccc(C3([C@H](F)c4nncn4C)COC3)c2)nc(C2CC2)c1)N1CCC2(CC2)C1. The summed E-state index contributed by atoms with van der Waals surface area (Å²) in [6.07, 6.45) is 12.1. The molecule has 4 heterocycles. The summed E-state index contributed by atoms with van der Waals surface area (Å²) in [6.45, 7) is 2.45. The van der Waals surface area contributed by atoms with Gasteiger partial charge in [0.25, 0.3) is 5.91 Å². The van der Waals surface area contributed by atoms with Crippen LogP contribution >= 0.6 is 0 Å². The van der Waals surface area contributed by atoms with Gasteiger partial charge in [-0.2, -0.15) is 0 Å². The van der Waals surface area contributed by atoms with Gasteiger partial charge in [-0.25, -0.2) is 9.37 Å². The Morgan fingerprint density at radius 2 is 2.05 bits per heavy atom. The summed E-state index contributed by atoms with van der Waals surface area (Å²) in [5, 5.41) is 10.8. The van der Waals surface area contributed by atoms with Crippen LogP contribution in [0.25, 0.3) is 0 Å². The Labute approximate surface area is 233 Å². The number of pyridine rings is 1. The second kappa shape index (κ2) is 9.50. The summed E-state index contributed by atoms with van der Waals surface area (Å²) in [6, 6.07) is 11.1. The Bertz CT molecular complexity index is 1500. The zero-order valence-corrected chi connectivity index (χ0v) is 22.6. The number of ether oxygens (including phenoxy) is 1. The maximum absolute atomic E-state index is 15.8. The van der Waals surface area contributed by atoms with Gasteiger partial charge in [-0.05, 0) is 72.9 Å². The first-order valence-electron chi connectivity index (χ1n) is 14.1. The third-order valence-corrected chi connectivity index (χ3v) is 9.23. The number of carbonyl (C=O) groups excluding carboxylic acids is 1. The molecule has 1 N–H and O–H groups in total. The molecule has 2 aromatic heterocycles. The summed E-state index contributed by atoms with van der Waals surface area (Å²) < 4.78 is 22.9. The number of aromatic nitrogens is 4. The van der Waals surface area contributed by atoms with Crippen LogP contribution in [0.3, 0.4) is 0 Å². The van der Waals surface area contributed by atoms with Gasteiger partial charge in [0.1, 0.15) is 12.0 Å². The number of hydrogen-bond acceptors (Lipinski definition) is 6.